The maximum Gasteiger partial charge on any atom is 0.138 e. The van der Waals surface area contributed by atoms with Gasteiger partial charge >= 0.3 is 0 Å². The Morgan fingerprint density at radius 1 is 0.421 bits per heavy atom. The lowest BCUT2D eigenvalue weighted by atomic mass is 10.2. The van der Waals surface area contributed by atoms with Crippen LogP contribution < -0.4 is 9.47 Å². The number of H-pyrrole nitrogens is 2. The number of aromatic nitrogens is 4. The summed E-state index contributed by atoms with van der Waals surface area (Å²) in [5.74, 6) is 4.52. The molecule has 7 aromatic rings. The van der Waals surface area contributed by atoms with Gasteiger partial charge in [-0.25, -0.2) is 9.97 Å². The minimum Gasteiger partial charge on any atom is -0.457 e. The van der Waals surface area contributed by atoms with Crippen molar-refractivity contribution in [3.8, 4) is 45.8 Å². The average molecular weight is 495 g/mol. The van der Waals surface area contributed by atoms with Crippen LogP contribution in [0.1, 0.15) is 0 Å². The first-order valence-electron chi connectivity index (χ1n) is 12.3. The number of ether oxygens (including phenoxy) is 2. The fourth-order valence-corrected chi connectivity index (χ4v) is 4.44. The first-order chi connectivity index (χ1) is 18.8. The molecule has 0 radical (unpaired) electrons. The molecular weight excluding hydrogens is 472 g/mol. The Morgan fingerprint density at radius 2 is 0.868 bits per heavy atom. The van der Waals surface area contributed by atoms with Crippen molar-refractivity contribution in [1.82, 2.24) is 19.9 Å². The Bertz CT molecular complexity index is 1680. The molecule has 0 atom stereocenters. The van der Waals surface area contributed by atoms with Gasteiger partial charge in [-0.3, -0.25) is 0 Å². The van der Waals surface area contributed by atoms with E-state index in [4.69, 9.17) is 9.47 Å². The highest BCUT2D eigenvalue weighted by Crippen LogP contribution is 2.31. The summed E-state index contributed by atoms with van der Waals surface area (Å²) >= 11 is 0. The Labute approximate surface area is 218 Å². The molecule has 38 heavy (non-hydrogen) atoms. The lowest BCUT2D eigenvalue weighted by Crippen LogP contribution is -1.88. The number of benzene rings is 5. The lowest BCUT2D eigenvalue weighted by Gasteiger charge is -2.09. The van der Waals surface area contributed by atoms with Crippen LogP contribution in [0, 0.1) is 0 Å². The smallest absolute Gasteiger partial charge is 0.138 e. The largest absolute Gasteiger partial charge is 0.457 e. The van der Waals surface area contributed by atoms with E-state index in [9.17, 15) is 0 Å². The van der Waals surface area contributed by atoms with E-state index in [2.05, 4.69) is 19.9 Å². The van der Waals surface area contributed by atoms with Crippen molar-refractivity contribution in [3.05, 3.63) is 121 Å². The van der Waals surface area contributed by atoms with Crippen LogP contribution >= 0.6 is 0 Å². The molecule has 7 rings (SSSR count). The molecule has 0 aliphatic carbocycles. The van der Waals surface area contributed by atoms with E-state index in [1.165, 1.54) is 0 Å². The van der Waals surface area contributed by atoms with Gasteiger partial charge < -0.3 is 19.4 Å². The van der Waals surface area contributed by atoms with Crippen molar-refractivity contribution >= 4 is 22.1 Å². The molecule has 0 saturated carbocycles. The Balaban J connectivity index is 1.06. The zero-order valence-electron chi connectivity index (χ0n) is 20.3. The van der Waals surface area contributed by atoms with Gasteiger partial charge in [0.05, 0.1) is 22.1 Å². The highest BCUT2D eigenvalue weighted by atomic mass is 16.5. The highest BCUT2D eigenvalue weighted by Gasteiger charge is 2.09. The number of fused-ring (bicyclic) bond motifs is 2. The van der Waals surface area contributed by atoms with Crippen molar-refractivity contribution < 1.29 is 9.47 Å². The van der Waals surface area contributed by atoms with Crippen molar-refractivity contribution in [2.45, 2.75) is 0 Å². The van der Waals surface area contributed by atoms with E-state index in [1.54, 1.807) is 0 Å². The zero-order valence-corrected chi connectivity index (χ0v) is 20.3. The van der Waals surface area contributed by atoms with Gasteiger partial charge in [0.2, 0.25) is 0 Å². The van der Waals surface area contributed by atoms with Crippen molar-refractivity contribution in [2.75, 3.05) is 0 Å². The number of para-hydroxylation sites is 4. The number of nitrogens with one attached hydrogen (secondary N) is 2. The van der Waals surface area contributed by atoms with Crippen LogP contribution in [0.15, 0.2) is 121 Å². The summed E-state index contributed by atoms with van der Waals surface area (Å²) < 4.78 is 12.2. The van der Waals surface area contributed by atoms with E-state index in [0.717, 1.165) is 67.8 Å². The minimum atomic E-state index is 0.718. The van der Waals surface area contributed by atoms with Gasteiger partial charge in [0.15, 0.2) is 0 Å². The molecule has 0 spiro atoms. The number of nitrogens with zero attached hydrogens (tertiary/aromatic N) is 2. The second-order valence-corrected chi connectivity index (χ2v) is 8.94. The van der Waals surface area contributed by atoms with Crippen LogP contribution in [0.5, 0.6) is 23.0 Å². The van der Waals surface area contributed by atoms with Gasteiger partial charge in [-0.2, -0.15) is 0 Å². The number of aromatic amines is 2. The highest BCUT2D eigenvalue weighted by molar-refractivity contribution is 5.80. The number of imidazole rings is 2. The first kappa shape index (κ1) is 21.9. The van der Waals surface area contributed by atoms with E-state index in [0.29, 0.717) is 0 Å². The normalized spacial score (nSPS) is 11.2. The molecule has 5 aromatic carbocycles. The molecule has 2 aromatic heterocycles. The van der Waals surface area contributed by atoms with Gasteiger partial charge in [-0.15, -0.1) is 0 Å². The van der Waals surface area contributed by atoms with Crippen LogP contribution in [-0.2, 0) is 0 Å². The van der Waals surface area contributed by atoms with Crippen LogP contribution in [0.4, 0.5) is 0 Å². The summed E-state index contributed by atoms with van der Waals surface area (Å²) in [6.45, 7) is 0. The van der Waals surface area contributed by atoms with Crippen LogP contribution in [0.25, 0.3) is 44.8 Å². The van der Waals surface area contributed by atoms with E-state index < -0.39 is 0 Å². The predicted molar refractivity (Wildman–Crippen MR) is 150 cm³/mol. The maximum atomic E-state index is 6.12. The molecule has 2 N–H and O–H groups in total. The Kier molecular flexibility index (Phi) is 5.33. The predicted octanol–water partition coefficient (Wildman–Crippen LogP) is 8.36. The fraction of sp³-hybridized carbons (Fsp3) is 0. The molecule has 0 amide bonds. The third-order valence-electron chi connectivity index (χ3n) is 6.29. The Hall–Kier alpha value is -5.36. The molecule has 0 aliphatic rings. The van der Waals surface area contributed by atoms with Gasteiger partial charge in [-0.1, -0.05) is 48.5 Å². The third kappa shape index (κ3) is 4.35. The summed E-state index contributed by atoms with van der Waals surface area (Å²) in [4.78, 5) is 16.1. The summed E-state index contributed by atoms with van der Waals surface area (Å²) in [5, 5.41) is 0. The second-order valence-electron chi connectivity index (χ2n) is 8.94. The van der Waals surface area contributed by atoms with E-state index >= 15 is 0 Å². The molecule has 0 bridgehead atoms. The molecule has 6 nitrogen and oxygen atoms in total. The fourth-order valence-electron chi connectivity index (χ4n) is 4.44. The lowest BCUT2D eigenvalue weighted by molar-refractivity contribution is 0.469. The molecule has 2 heterocycles. The summed E-state index contributed by atoms with van der Waals surface area (Å²) in [6, 6.07) is 39.3. The Morgan fingerprint density at radius 3 is 1.32 bits per heavy atom. The second kappa shape index (κ2) is 9.26. The monoisotopic (exact) mass is 494 g/mol. The first-order valence-corrected chi connectivity index (χ1v) is 12.3. The molecule has 0 aliphatic heterocycles. The van der Waals surface area contributed by atoms with Crippen molar-refractivity contribution in [1.29, 1.82) is 0 Å². The molecule has 0 unspecified atom stereocenters. The topological polar surface area (TPSA) is 75.8 Å². The number of hydrogen-bond donors (Lipinski definition) is 2. The van der Waals surface area contributed by atoms with Crippen molar-refractivity contribution in [2.24, 2.45) is 0 Å². The van der Waals surface area contributed by atoms with Crippen LogP contribution in [0.2, 0.25) is 0 Å². The third-order valence-corrected chi connectivity index (χ3v) is 6.29. The summed E-state index contributed by atoms with van der Waals surface area (Å²) in [6.07, 6.45) is 0. The molecular formula is C32H22N4O2. The quantitative estimate of drug-likeness (QED) is 0.244. The molecule has 182 valence electrons. The van der Waals surface area contributed by atoms with Crippen molar-refractivity contribution in [3.63, 3.8) is 0 Å². The number of hydrogen-bond acceptors (Lipinski definition) is 4. The maximum absolute atomic E-state index is 6.12. The summed E-state index contributed by atoms with van der Waals surface area (Å²) in [7, 11) is 0. The molecule has 0 fully saturated rings. The van der Waals surface area contributed by atoms with Crippen LogP contribution in [0.3, 0.4) is 0 Å². The standard InChI is InChI=1S/C32H22N4O2/c1-2-12-28-27(11-1)33-31(34-28)21-7-5-9-25(19-21)37-23-15-17-24(18-16-23)38-26-10-6-8-22(20-26)32-35-29-13-3-4-14-30(29)36-32/h1-20H,(H,33,34)(H,35,36). The average Bonchev–Trinajstić information content (AvgIpc) is 3.59. The molecule has 6 heteroatoms. The van der Waals surface area contributed by atoms with Crippen LogP contribution in [-0.4, -0.2) is 19.9 Å². The molecule has 0 saturated heterocycles. The van der Waals surface area contributed by atoms with E-state index in [-0.39, 0.29) is 0 Å². The van der Waals surface area contributed by atoms with Gasteiger partial charge in [0.1, 0.15) is 34.6 Å². The van der Waals surface area contributed by atoms with Gasteiger partial charge in [0.25, 0.3) is 0 Å². The minimum absolute atomic E-state index is 0.718. The SMILES string of the molecule is c1cc(Oc2ccc(Oc3cccc(-c4nc5ccccc5[nH]4)c3)cc2)cc(-c2nc3ccccc3[nH]2)c1. The number of rotatable bonds is 6. The van der Waals surface area contributed by atoms with Gasteiger partial charge in [-0.05, 0) is 72.8 Å². The zero-order chi connectivity index (χ0) is 25.3. The van der Waals surface area contributed by atoms with E-state index in [1.807, 2.05) is 121 Å². The van der Waals surface area contributed by atoms with Gasteiger partial charge in [0, 0.05) is 11.1 Å². The summed E-state index contributed by atoms with van der Waals surface area (Å²) in [5.41, 5.74) is 5.81.